The van der Waals surface area contributed by atoms with Crippen molar-refractivity contribution in [1.29, 1.82) is 0 Å². The van der Waals surface area contributed by atoms with E-state index >= 15 is 0 Å². The van der Waals surface area contributed by atoms with Crippen LogP contribution in [0, 0.1) is 0 Å². The Morgan fingerprint density at radius 2 is 2.19 bits per heavy atom. The molecule has 4 nitrogen and oxygen atoms in total. The third kappa shape index (κ3) is 3.38. The molecule has 0 aromatic carbocycles. The SMILES string of the molecule is CN(CCCCCO)C(=O)c1cccn1C. The number of aryl methyl sites for hydroxylation is 1. The summed E-state index contributed by atoms with van der Waals surface area (Å²) in [6, 6.07) is 3.69. The fourth-order valence-electron chi connectivity index (χ4n) is 1.62. The number of aliphatic hydroxyl groups is 1. The summed E-state index contributed by atoms with van der Waals surface area (Å²) in [4.78, 5) is 13.7. The highest BCUT2D eigenvalue weighted by molar-refractivity contribution is 5.92. The van der Waals surface area contributed by atoms with Crippen molar-refractivity contribution in [3.63, 3.8) is 0 Å². The van der Waals surface area contributed by atoms with Crippen LogP contribution in [0.5, 0.6) is 0 Å². The molecule has 0 unspecified atom stereocenters. The van der Waals surface area contributed by atoms with Crippen molar-refractivity contribution in [3.8, 4) is 0 Å². The van der Waals surface area contributed by atoms with Gasteiger partial charge in [0.2, 0.25) is 0 Å². The summed E-state index contributed by atoms with van der Waals surface area (Å²) in [5.41, 5.74) is 0.713. The van der Waals surface area contributed by atoms with E-state index in [-0.39, 0.29) is 12.5 Å². The maximum Gasteiger partial charge on any atom is 0.270 e. The first-order chi connectivity index (χ1) is 7.66. The van der Waals surface area contributed by atoms with Crippen LogP contribution >= 0.6 is 0 Å². The maximum atomic E-state index is 11.9. The zero-order valence-electron chi connectivity index (χ0n) is 10.0. The fraction of sp³-hybridized carbons (Fsp3) is 0.583. The second kappa shape index (κ2) is 6.33. The molecule has 0 radical (unpaired) electrons. The molecule has 4 heteroatoms. The summed E-state index contributed by atoms with van der Waals surface area (Å²) in [7, 11) is 3.68. The van der Waals surface area contributed by atoms with Crippen LogP contribution in [0.4, 0.5) is 0 Å². The largest absolute Gasteiger partial charge is 0.396 e. The molecule has 1 heterocycles. The van der Waals surface area contributed by atoms with Gasteiger partial charge in [0.05, 0.1) is 0 Å². The molecular weight excluding hydrogens is 204 g/mol. The van der Waals surface area contributed by atoms with Crippen LogP contribution in [0.25, 0.3) is 0 Å². The van der Waals surface area contributed by atoms with Crippen molar-refractivity contribution in [1.82, 2.24) is 9.47 Å². The number of aliphatic hydroxyl groups excluding tert-OH is 1. The lowest BCUT2D eigenvalue weighted by molar-refractivity contribution is 0.0783. The Labute approximate surface area is 96.5 Å². The molecule has 1 aromatic heterocycles. The van der Waals surface area contributed by atoms with Gasteiger partial charge in [0.1, 0.15) is 5.69 Å². The Morgan fingerprint density at radius 1 is 1.44 bits per heavy atom. The molecule has 1 rings (SSSR count). The fourth-order valence-corrected chi connectivity index (χ4v) is 1.62. The predicted octanol–water partition coefficient (Wildman–Crippen LogP) is 1.26. The Morgan fingerprint density at radius 3 is 2.75 bits per heavy atom. The first-order valence-electron chi connectivity index (χ1n) is 5.64. The molecule has 0 bridgehead atoms. The second-order valence-electron chi connectivity index (χ2n) is 4.02. The molecular formula is C12H20N2O2. The van der Waals surface area contributed by atoms with Gasteiger partial charge >= 0.3 is 0 Å². The number of nitrogens with zero attached hydrogens (tertiary/aromatic N) is 2. The molecule has 0 aliphatic carbocycles. The minimum Gasteiger partial charge on any atom is -0.396 e. The first-order valence-corrected chi connectivity index (χ1v) is 5.64. The highest BCUT2D eigenvalue weighted by atomic mass is 16.2. The molecule has 1 N–H and O–H groups in total. The van der Waals surface area contributed by atoms with Crippen molar-refractivity contribution in [2.75, 3.05) is 20.2 Å². The zero-order valence-corrected chi connectivity index (χ0v) is 10.0. The van der Waals surface area contributed by atoms with Crippen LogP contribution in [0.3, 0.4) is 0 Å². The number of amides is 1. The van der Waals surface area contributed by atoms with Crippen LogP contribution in [0.1, 0.15) is 29.8 Å². The van der Waals surface area contributed by atoms with Crippen LogP contribution in [0.2, 0.25) is 0 Å². The van der Waals surface area contributed by atoms with Crippen molar-refractivity contribution in [3.05, 3.63) is 24.0 Å². The summed E-state index contributed by atoms with van der Waals surface area (Å²) < 4.78 is 1.83. The van der Waals surface area contributed by atoms with Gasteiger partial charge in [-0.1, -0.05) is 0 Å². The molecule has 90 valence electrons. The van der Waals surface area contributed by atoms with Crippen molar-refractivity contribution >= 4 is 5.91 Å². The molecule has 0 saturated heterocycles. The van der Waals surface area contributed by atoms with Crippen LogP contribution in [-0.4, -0.2) is 40.7 Å². The number of rotatable bonds is 6. The molecule has 0 fully saturated rings. The van der Waals surface area contributed by atoms with Gasteiger partial charge in [-0.3, -0.25) is 4.79 Å². The van der Waals surface area contributed by atoms with Gasteiger partial charge in [0.25, 0.3) is 5.91 Å². The average Bonchev–Trinajstić information content (AvgIpc) is 2.69. The number of carbonyl (C=O) groups is 1. The van der Waals surface area contributed by atoms with E-state index in [9.17, 15) is 4.79 Å². The first kappa shape index (κ1) is 12.8. The Hall–Kier alpha value is -1.29. The summed E-state index contributed by atoms with van der Waals surface area (Å²) in [5, 5.41) is 8.64. The van der Waals surface area contributed by atoms with Gasteiger partial charge in [-0.25, -0.2) is 0 Å². The van der Waals surface area contributed by atoms with E-state index in [1.165, 1.54) is 0 Å². The van der Waals surface area contributed by atoms with Crippen molar-refractivity contribution in [2.24, 2.45) is 7.05 Å². The Kier molecular flexibility index (Phi) is 5.05. The number of hydrogen-bond acceptors (Lipinski definition) is 2. The van der Waals surface area contributed by atoms with E-state index in [1.54, 1.807) is 4.90 Å². The molecule has 16 heavy (non-hydrogen) atoms. The second-order valence-corrected chi connectivity index (χ2v) is 4.02. The van der Waals surface area contributed by atoms with E-state index in [1.807, 2.05) is 37.0 Å². The van der Waals surface area contributed by atoms with E-state index in [2.05, 4.69) is 0 Å². The van der Waals surface area contributed by atoms with Crippen LogP contribution in [-0.2, 0) is 7.05 Å². The monoisotopic (exact) mass is 224 g/mol. The quantitative estimate of drug-likeness (QED) is 0.739. The van der Waals surface area contributed by atoms with E-state index in [0.29, 0.717) is 5.69 Å². The summed E-state index contributed by atoms with van der Waals surface area (Å²) in [5.74, 6) is 0.0523. The molecule has 0 spiro atoms. The minimum atomic E-state index is 0.0523. The van der Waals surface area contributed by atoms with Gasteiger partial charge in [-0.05, 0) is 31.4 Å². The number of aromatic nitrogens is 1. The molecule has 0 aliphatic rings. The molecule has 0 saturated carbocycles. The van der Waals surface area contributed by atoms with Crippen LogP contribution < -0.4 is 0 Å². The van der Waals surface area contributed by atoms with Crippen molar-refractivity contribution < 1.29 is 9.90 Å². The molecule has 0 aliphatic heterocycles. The lowest BCUT2D eigenvalue weighted by Gasteiger charge is -2.17. The summed E-state index contributed by atoms with van der Waals surface area (Å²) >= 11 is 0. The van der Waals surface area contributed by atoms with Gasteiger partial charge in [0, 0.05) is 33.4 Å². The van der Waals surface area contributed by atoms with E-state index in [0.717, 1.165) is 25.8 Å². The third-order valence-electron chi connectivity index (χ3n) is 2.66. The topological polar surface area (TPSA) is 45.5 Å². The summed E-state index contributed by atoms with van der Waals surface area (Å²) in [6.07, 6.45) is 4.58. The smallest absolute Gasteiger partial charge is 0.270 e. The maximum absolute atomic E-state index is 11.9. The lowest BCUT2D eigenvalue weighted by atomic mass is 10.2. The third-order valence-corrected chi connectivity index (χ3v) is 2.66. The van der Waals surface area contributed by atoms with Gasteiger partial charge in [0.15, 0.2) is 0 Å². The highest BCUT2D eigenvalue weighted by Gasteiger charge is 2.13. The molecule has 1 aromatic rings. The standard InChI is InChI=1S/C12H20N2O2/c1-13-9-6-7-11(13)12(16)14(2)8-4-3-5-10-15/h6-7,9,15H,3-5,8,10H2,1-2H3. The van der Waals surface area contributed by atoms with Crippen LogP contribution in [0.15, 0.2) is 18.3 Å². The minimum absolute atomic E-state index is 0.0523. The summed E-state index contributed by atoms with van der Waals surface area (Å²) in [6.45, 7) is 0.972. The van der Waals surface area contributed by atoms with Crippen molar-refractivity contribution in [2.45, 2.75) is 19.3 Å². The predicted molar refractivity (Wildman–Crippen MR) is 63.3 cm³/mol. The number of unbranched alkanes of at least 4 members (excludes halogenated alkanes) is 2. The average molecular weight is 224 g/mol. The van der Waals surface area contributed by atoms with E-state index < -0.39 is 0 Å². The molecule has 1 amide bonds. The Bertz CT molecular complexity index is 334. The highest BCUT2D eigenvalue weighted by Crippen LogP contribution is 2.05. The zero-order chi connectivity index (χ0) is 12.0. The Balaban J connectivity index is 2.40. The molecule has 0 atom stereocenters. The van der Waals surface area contributed by atoms with Gasteiger partial charge in [-0.15, -0.1) is 0 Å². The number of carbonyl (C=O) groups excluding carboxylic acids is 1. The van der Waals surface area contributed by atoms with Gasteiger partial charge < -0.3 is 14.6 Å². The van der Waals surface area contributed by atoms with Gasteiger partial charge in [-0.2, -0.15) is 0 Å². The normalized spacial score (nSPS) is 10.4. The number of hydrogen-bond donors (Lipinski definition) is 1. The lowest BCUT2D eigenvalue weighted by Crippen LogP contribution is -2.29. The van der Waals surface area contributed by atoms with E-state index in [4.69, 9.17) is 5.11 Å².